The molecule has 8 heteroatoms. The SMILES string of the molecule is CC(C)CN(C(=O)CN(C)S(=O)(=O)c1ccc(Cl)s1)C(C)C. The fraction of sp³-hybridized carbons (Fsp3) is 0.643. The Hall–Kier alpha value is -0.630. The highest BCUT2D eigenvalue weighted by Crippen LogP contribution is 2.27. The number of hydrogen-bond donors (Lipinski definition) is 0. The molecule has 0 atom stereocenters. The van der Waals surface area contributed by atoms with E-state index in [0.29, 0.717) is 16.8 Å². The first kappa shape index (κ1) is 19.4. The van der Waals surface area contributed by atoms with Gasteiger partial charge in [0.2, 0.25) is 5.91 Å². The van der Waals surface area contributed by atoms with Crippen LogP contribution < -0.4 is 0 Å². The zero-order valence-electron chi connectivity index (χ0n) is 13.5. The Morgan fingerprint density at radius 3 is 2.27 bits per heavy atom. The average Bonchev–Trinajstić information content (AvgIpc) is 2.82. The molecule has 1 amide bonds. The molecule has 0 saturated heterocycles. The number of likely N-dealkylation sites (N-methyl/N-ethyl adjacent to an activating group) is 1. The molecule has 0 bridgehead atoms. The average molecular weight is 367 g/mol. The standard InChI is InChI=1S/C14H23ClN2O3S2/c1-10(2)8-17(11(3)4)13(18)9-16(5)22(19,20)14-7-6-12(15)21-14/h6-7,10-11H,8-9H2,1-5H3. The van der Waals surface area contributed by atoms with Crippen LogP contribution in [0.1, 0.15) is 27.7 Å². The van der Waals surface area contributed by atoms with Gasteiger partial charge in [0.1, 0.15) is 4.21 Å². The van der Waals surface area contributed by atoms with E-state index in [1.54, 1.807) is 4.90 Å². The quantitative estimate of drug-likeness (QED) is 0.745. The fourth-order valence-electron chi connectivity index (χ4n) is 1.95. The highest BCUT2D eigenvalue weighted by molar-refractivity contribution is 7.91. The summed E-state index contributed by atoms with van der Waals surface area (Å²) in [6.45, 7) is 8.33. The molecule has 5 nitrogen and oxygen atoms in total. The molecule has 0 radical (unpaired) electrons. The van der Waals surface area contributed by atoms with Crippen molar-refractivity contribution in [3.63, 3.8) is 0 Å². The lowest BCUT2D eigenvalue weighted by Crippen LogP contribution is -2.45. The molecule has 0 aliphatic heterocycles. The molecule has 0 aromatic carbocycles. The first-order valence-corrected chi connectivity index (χ1v) is 9.70. The van der Waals surface area contributed by atoms with Gasteiger partial charge < -0.3 is 4.90 Å². The van der Waals surface area contributed by atoms with Crippen molar-refractivity contribution >= 4 is 38.9 Å². The lowest BCUT2D eigenvalue weighted by atomic mass is 10.2. The van der Waals surface area contributed by atoms with Crippen LogP contribution in [0.4, 0.5) is 0 Å². The minimum Gasteiger partial charge on any atom is -0.339 e. The van der Waals surface area contributed by atoms with E-state index in [4.69, 9.17) is 11.6 Å². The second-order valence-electron chi connectivity index (χ2n) is 5.85. The smallest absolute Gasteiger partial charge is 0.252 e. The minimum atomic E-state index is -3.68. The van der Waals surface area contributed by atoms with Crippen molar-refractivity contribution in [2.45, 2.75) is 37.9 Å². The molecule has 0 aliphatic rings. The van der Waals surface area contributed by atoms with E-state index in [0.717, 1.165) is 15.6 Å². The Morgan fingerprint density at radius 2 is 1.86 bits per heavy atom. The molecule has 0 spiro atoms. The van der Waals surface area contributed by atoms with E-state index in [-0.39, 0.29) is 22.7 Å². The van der Waals surface area contributed by atoms with Gasteiger partial charge in [-0.3, -0.25) is 4.79 Å². The third-order valence-electron chi connectivity index (χ3n) is 3.08. The lowest BCUT2D eigenvalue weighted by molar-refractivity contribution is -0.133. The second kappa shape index (κ2) is 7.77. The summed E-state index contributed by atoms with van der Waals surface area (Å²) in [5.74, 6) is 0.127. The van der Waals surface area contributed by atoms with Crippen molar-refractivity contribution in [2.24, 2.45) is 5.92 Å². The summed E-state index contributed by atoms with van der Waals surface area (Å²) in [5.41, 5.74) is 0. The molecule has 0 N–H and O–H groups in total. The summed E-state index contributed by atoms with van der Waals surface area (Å²) >= 11 is 6.77. The van der Waals surface area contributed by atoms with Crippen molar-refractivity contribution in [1.29, 1.82) is 0 Å². The number of rotatable bonds is 7. The normalized spacial score (nSPS) is 12.4. The zero-order valence-corrected chi connectivity index (χ0v) is 15.9. The lowest BCUT2D eigenvalue weighted by Gasteiger charge is -2.30. The van der Waals surface area contributed by atoms with Gasteiger partial charge in [0.25, 0.3) is 10.0 Å². The molecule has 22 heavy (non-hydrogen) atoms. The van der Waals surface area contributed by atoms with Crippen LogP contribution in [0.5, 0.6) is 0 Å². The van der Waals surface area contributed by atoms with Gasteiger partial charge >= 0.3 is 0 Å². The van der Waals surface area contributed by atoms with E-state index < -0.39 is 10.0 Å². The number of amides is 1. The van der Waals surface area contributed by atoms with E-state index in [9.17, 15) is 13.2 Å². The molecule has 126 valence electrons. The van der Waals surface area contributed by atoms with Crippen LogP contribution >= 0.6 is 22.9 Å². The Morgan fingerprint density at radius 1 is 1.27 bits per heavy atom. The minimum absolute atomic E-state index is 0.0298. The van der Waals surface area contributed by atoms with Gasteiger partial charge in [-0.25, -0.2) is 8.42 Å². The third-order valence-corrected chi connectivity index (χ3v) is 6.58. The Bertz CT molecular complexity index is 611. The Balaban J connectivity index is 2.86. The highest BCUT2D eigenvalue weighted by atomic mass is 35.5. The predicted octanol–water partition coefficient (Wildman–Crippen LogP) is 2.92. The maximum absolute atomic E-state index is 12.4. The second-order valence-corrected chi connectivity index (χ2v) is 9.84. The fourth-order valence-corrected chi connectivity index (χ4v) is 4.76. The maximum atomic E-state index is 12.4. The summed E-state index contributed by atoms with van der Waals surface area (Å²) in [6, 6.07) is 3.02. The van der Waals surface area contributed by atoms with Gasteiger partial charge in [0.05, 0.1) is 10.9 Å². The van der Waals surface area contributed by atoms with Gasteiger partial charge in [-0.2, -0.15) is 4.31 Å². The molecule has 1 heterocycles. The molecular weight excluding hydrogens is 344 g/mol. The maximum Gasteiger partial charge on any atom is 0.252 e. The van der Waals surface area contributed by atoms with Gasteiger partial charge in [-0.05, 0) is 31.9 Å². The summed E-state index contributed by atoms with van der Waals surface area (Å²) < 4.78 is 26.4. The number of thiophene rings is 1. The van der Waals surface area contributed by atoms with Crippen LogP contribution in [0.2, 0.25) is 4.34 Å². The molecule has 1 rings (SSSR count). The largest absolute Gasteiger partial charge is 0.339 e. The van der Waals surface area contributed by atoms with Gasteiger partial charge in [-0.1, -0.05) is 25.4 Å². The summed E-state index contributed by atoms with van der Waals surface area (Å²) in [5, 5.41) is 0. The molecule has 0 saturated carbocycles. The van der Waals surface area contributed by atoms with Crippen molar-refractivity contribution in [2.75, 3.05) is 20.1 Å². The van der Waals surface area contributed by atoms with E-state index in [1.807, 2.05) is 27.7 Å². The number of sulfonamides is 1. The van der Waals surface area contributed by atoms with Crippen LogP contribution in [0.15, 0.2) is 16.3 Å². The van der Waals surface area contributed by atoms with Crippen LogP contribution in [0.25, 0.3) is 0 Å². The number of carbonyl (C=O) groups is 1. The first-order valence-electron chi connectivity index (χ1n) is 7.06. The van der Waals surface area contributed by atoms with E-state index in [1.165, 1.54) is 19.2 Å². The summed E-state index contributed by atoms with van der Waals surface area (Å²) in [6.07, 6.45) is 0. The molecule has 0 fully saturated rings. The van der Waals surface area contributed by atoms with Crippen LogP contribution in [-0.2, 0) is 14.8 Å². The zero-order chi connectivity index (χ0) is 17.1. The van der Waals surface area contributed by atoms with Crippen molar-refractivity contribution in [3.05, 3.63) is 16.5 Å². The monoisotopic (exact) mass is 366 g/mol. The third kappa shape index (κ3) is 4.94. The first-order chi connectivity index (χ1) is 10.1. The van der Waals surface area contributed by atoms with E-state index >= 15 is 0 Å². The van der Waals surface area contributed by atoms with Gasteiger partial charge in [0, 0.05) is 19.6 Å². The number of carbonyl (C=O) groups excluding carboxylic acids is 1. The number of hydrogen-bond acceptors (Lipinski definition) is 4. The highest BCUT2D eigenvalue weighted by Gasteiger charge is 2.27. The number of nitrogens with zero attached hydrogens (tertiary/aromatic N) is 2. The van der Waals surface area contributed by atoms with Crippen molar-refractivity contribution in [1.82, 2.24) is 9.21 Å². The van der Waals surface area contributed by atoms with Gasteiger partial charge in [-0.15, -0.1) is 11.3 Å². The topological polar surface area (TPSA) is 57.7 Å². The number of halogens is 1. The molecule has 1 aromatic heterocycles. The van der Waals surface area contributed by atoms with Gasteiger partial charge in [0.15, 0.2) is 0 Å². The van der Waals surface area contributed by atoms with Crippen molar-refractivity contribution in [3.8, 4) is 0 Å². The Kier molecular flexibility index (Phi) is 6.85. The van der Waals surface area contributed by atoms with Crippen LogP contribution in [-0.4, -0.2) is 49.7 Å². The molecule has 1 aromatic rings. The van der Waals surface area contributed by atoms with E-state index in [2.05, 4.69) is 0 Å². The molecule has 0 unspecified atom stereocenters. The summed E-state index contributed by atoms with van der Waals surface area (Å²) in [4.78, 5) is 14.1. The Labute approximate surface area is 141 Å². The van der Waals surface area contributed by atoms with Crippen molar-refractivity contribution < 1.29 is 13.2 Å². The predicted molar refractivity (Wildman–Crippen MR) is 90.8 cm³/mol. The molecule has 0 aliphatic carbocycles. The summed E-state index contributed by atoms with van der Waals surface area (Å²) in [7, 11) is -2.27. The molecular formula is C14H23ClN2O3S2. The van der Waals surface area contributed by atoms with Crippen LogP contribution in [0, 0.1) is 5.92 Å². The van der Waals surface area contributed by atoms with Crippen LogP contribution in [0.3, 0.4) is 0 Å².